The number of para-hydroxylation sites is 2. The summed E-state index contributed by atoms with van der Waals surface area (Å²) in [6.45, 7) is 2.70. The lowest BCUT2D eigenvalue weighted by molar-refractivity contribution is 0.107. The molecule has 7 nitrogen and oxygen atoms in total. The maximum Gasteiger partial charge on any atom is 0.326 e. The molecular formula is C18H24N4O3. The lowest BCUT2D eigenvalue weighted by atomic mass is 10.0. The minimum absolute atomic E-state index is 0.0276. The van der Waals surface area contributed by atoms with Crippen LogP contribution in [0.25, 0.3) is 11.0 Å². The number of nitrogens with zero attached hydrogens (tertiary/aromatic N) is 2. The van der Waals surface area contributed by atoms with Crippen LogP contribution < -0.4 is 11.0 Å². The second-order valence-corrected chi connectivity index (χ2v) is 6.86. The number of nitrogens with one attached hydrogen (secondary N) is 2. The molecule has 2 aliphatic rings. The summed E-state index contributed by atoms with van der Waals surface area (Å²) in [4.78, 5) is 29.4. The van der Waals surface area contributed by atoms with E-state index in [0.717, 1.165) is 43.3 Å². The van der Waals surface area contributed by atoms with Gasteiger partial charge in [0.1, 0.15) is 0 Å². The van der Waals surface area contributed by atoms with Gasteiger partial charge in [0, 0.05) is 32.3 Å². The van der Waals surface area contributed by atoms with Crippen LogP contribution in [0, 0.1) is 0 Å². The molecule has 0 radical (unpaired) electrons. The van der Waals surface area contributed by atoms with Gasteiger partial charge < -0.3 is 19.9 Å². The highest BCUT2D eigenvalue weighted by atomic mass is 16.5. The van der Waals surface area contributed by atoms with Gasteiger partial charge in [0.2, 0.25) is 0 Å². The van der Waals surface area contributed by atoms with Crippen molar-refractivity contribution in [3.05, 3.63) is 34.7 Å². The number of rotatable bonds is 3. The molecule has 0 aliphatic carbocycles. The van der Waals surface area contributed by atoms with Gasteiger partial charge in [0.05, 0.1) is 17.1 Å². The number of benzene rings is 1. The summed E-state index contributed by atoms with van der Waals surface area (Å²) in [6.07, 6.45) is 3.83. The first-order chi connectivity index (χ1) is 12.2. The zero-order valence-corrected chi connectivity index (χ0v) is 14.2. The third kappa shape index (κ3) is 3.28. The predicted molar refractivity (Wildman–Crippen MR) is 94.8 cm³/mol. The third-order valence-electron chi connectivity index (χ3n) is 5.25. The topological polar surface area (TPSA) is 79.4 Å². The van der Waals surface area contributed by atoms with E-state index in [4.69, 9.17) is 4.74 Å². The number of carbonyl (C=O) groups excluding carboxylic acids is 1. The molecule has 2 saturated heterocycles. The monoisotopic (exact) mass is 344 g/mol. The van der Waals surface area contributed by atoms with Gasteiger partial charge in [-0.25, -0.2) is 9.59 Å². The van der Waals surface area contributed by atoms with Crippen LogP contribution in [0.5, 0.6) is 0 Å². The number of aromatic nitrogens is 2. The van der Waals surface area contributed by atoms with Crippen LogP contribution in [0.1, 0.15) is 31.7 Å². The average molecular weight is 344 g/mol. The number of likely N-dealkylation sites (tertiary alicyclic amines) is 1. The van der Waals surface area contributed by atoms with Crippen LogP contribution >= 0.6 is 0 Å². The first kappa shape index (κ1) is 16.2. The highest BCUT2D eigenvalue weighted by molar-refractivity contribution is 5.75. The summed E-state index contributed by atoms with van der Waals surface area (Å²) in [5.41, 5.74) is 1.74. The zero-order chi connectivity index (χ0) is 17.2. The normalized spacial score (nSPS) is 21.8. The van der Waals surface area contributed by atoms with Gasteiger partial charge in [0.25, 0.3) is 0 Å². The molecular weight excluding hydrogens is 320 g/mol. The van der Waals surface area contributed by atoms with Crippen molar-refractivity contribution in [3.63, 3.8) is 0 Å². The molecule has 3 heterocycles. The van der Waals surface area contributed by atoms with E-state index in [-0.39, 0.29) is 23.9 Å². The lowest BCUT2D eigenvalue weighted by Crippen LogP contribution is -2.47. The highest BCUT2D eigenvalue weighted by Crippen LogP contribution is 2.24. The highest BCUT2D eigenvalue weighted by Gasteiger charge is 2.26. The Bertz CT molecular complexity index is 798. The SMILES string of the molecule is O=C(NC[C@H]1CCCO1)N1CCC(n2c(=O)[nH]c3ccccc32)CC1. The molecule has 134 valence electrons. The van der Waals surface area contributed by atoms with E-state index in [9.17, 15) is 9.59 Å². The van der Waals surface area contributed by atoms with Crippen molar-refractivity contribution in [3.8, 4) is 0 Å². The Balaban J connectivity index is 1.37. The second-order valence-electron chi connectivity index (χ2n) is 6.86. The molecule has 1 aromatic carbocycles. The van der Waals surface area contributed by atoms with Gasteiger partial charge in [-0.15, -0.1) is 0 Å². The molecule has 0 bridgehead atoms. The fourth-order valence-electron chi connectivity index (χ4n) is 3.88. The van der Waals surface area contributed by atoms with E-state index in [0.29, 0.717) is 19.6 Å². The van der Waals surface area contributed by atoms with Crippen LogP contribution in [0.3, 0.4) is 0 Å². The van der Waals surface area contributed by atoms with Gasteiger partial charge in [-0.05, 0) is 37.8 Å². The Labute approximate surface area is 146 Å². The van der Waals surface area contributed by atoms with E-state index in [1.165, 1.54) is 0 Å². The second kappa shape index (κ2) is 6.92. The minimum Gasteiger partial charge on any atom is -0.376 e. The summed E-state index contributed by atoms with van der Waals surface area (Å²) < 4.78 is 7.38. The molecule has 7 heteroatoms. The lowest BCUT2D eigenvalue weighted by Gasteiger charge is -2.32. The number of hydrogen-bond acceptors (Lipinski definition) is 3. The van der Waals surface area contributed by atoms with Crippen LogP contribution in [0.4, 0.5) is 4.79 Å². The Morgan fingerprint density at radius 2 is 2.04 bits per heavy atom. The van der Waals surface area contributed by atoms with E-state index >= 15 is 0 Å². The predicted octanol–water partition coefficient (Wildman–Crippen LogP) is 1.86. The summed E-state index contributed by atoms with van der Waals surface area (Å²) in [5, 5.41) is 2.97. The first-order valence-corrected chi connectivity index (χ1v) is 9.06. The fraction of sp³-hybridized carbons (Fsp3) is 0.556. The molecule has 2 fully saturated rings. The molecule has 0 saturated carbocycles. The first-order valence-electron chi connectivity index (χ1n) is 9.06. The average Bonchev–Trinajstić information content (AvgIpc) is 3.26. The van der Waals surface area contributed by atoms with Gasteiger partial charge in [-0.2, -0.15) is 0 Å². The van der Waals surface area contributed by atoms with Crippen LogP contribution in [-0.4, -0.2) is 52.8 Å². The standard InChI is InChI=1S/C18H24N4O3/c23-17(19-12-14-4-3-11-25-14)21-9-7-13(8-10-21)22-16-6-2-1-5-15(16)20-18(22)24/h1-2,5-6,13-14H,3-4,7-12H2,(H,19,23)(H,20,24)/t14-/m1/s1. The number of amides is 2. The van der Waals surface area contributed by atoms with Crippen molar-refractivity contribution in [2.45, 2.75) is 37.8 Å². The molecule has 2 aliphatic heterocycles. The number of urea groups is 1. The molecule has 2 aromatic rings. The summed E-state index contributed by atoms with van der Waals surface area (Å²) in [6, 6.07) is 7.85. The molecule has 1 atom stereocenters. The van der Waals surface area contributed by atoms with Gasteiger partial charge in [0.15, 0.2) is 0 Å². The van der Waals surface area contributed by atoms with Gasteiger partial charge in [-0.3, -0.25) is 4.57 Å². The van der Waals surface area contributed by atoms with Crippen LogP contribution in [0.15, 0.2) is 29.1 Å². The molecule has 0 spiro atoms. The fourth-order valence-corrected chi connectivity index (χ4v) is 3.88. The maximum absolute atomic E-state index is 12.3. The van der Waals surface area contributed by atoms with Gasteiger partial charge in [-0.1, -0.05) is 12.1 Å². The third-order valence-corrected chi connectivity index (χ3v) is 5.25. The Hall–Kier alpha value is -2.28. The Kier molecular flexibility index (Phi) is 4.48. The quantitative estimate of drug-likeness (QED) is 0.892. The number of H-pyrrole nitrogens is 1. The zero-order valence-electron chi connectivity index (χ0n) is 14.2. The smallest absolute Gasteiger partial charge is 0.326 e. The molecule has 25 heavy (non-hydrogen) atoms. The Morgan fingerprint density at radius 3 is 2.80 bits per heavy atom. The number of piperidine rings is 1. The molecule has 2 N–H and O–H groups in total. The number of carbonyl (C=O) groups is 1. The van der Waals surface area contributed by atoms with Crippen LogP contribution in [-0.2, 0) is 4.74 Å². The van der Waals surface area contributed by atoms with Crippen molar-refractivity contribution in [1.82, 2.24) is 19.8 Å². The number of ether oxygens (including phenoxy) is 1. The number of aromatic amines is 1. The van der Waals surface area contributed by atoms with Crippen molar-refractivity contribution in [1.29, 1.82) is 0 Å². The van der Waals surface area contributed by atoms with E-state index in [1.807, 2.05) is 33.7 Å². The van der Waals surface area contributed by atoms with E-state index in [1.54, 1.807) is 0 Å². The van der Waals surface area contributed by atoms with Crippen molar-refractivity contribution in [2.75, 3.05) is 26.2 Å². The molecule has 4 rings (SSSR count). The van der Waals surface area contributed by atoms with Crippen molar-refractivity contribution in [2.24, 2.45) is 0 Å². The summed E-state index contributed by atoms with van der Waals surface area (Å²) in [7, 11) is 0. The maximum atomic E-state index is 12.3. The summed E-state index contributed by atoms with van der Waals surface area (Å²) in [5.74, 6) is 0. The number of fused-ring (bicyclic) bond motifs is 1. The van der Waals surface area contributed by atoms with Crippen molar-refractivity contribution < 1.29 is 9.53 Å². The molecule has 2 amide bonds. The van der Waals surface area contributed by atoms with E-state index in [2.05, 4.69) is 10.3 Å². The van der Waals surface area contributed by atoms with Crippen molar-refractivity contribution >= 4 is 17.1 Å². The minimum atomic E-state index is -0.0671. The van der Waals surface area contributed by atoms with E-state index < -0.39 is 0 Å². The van der Waals surface area contributed by atoms with Crippen LogP contribution in [0.2, 0.25) is 0 Å². The Morgan fingerprint density at radius 1 is 1.24 bits per heavy atom. The largest absolute Gasteiger partial charge is 0.376 e. The number of imidazole rings is 1. The molecule has 1 aromatic heterocycles. The number of hydrogen-bond donors (Lipinski definition) is 2. The molecule has 0 unspecified atom stereocenters. The van der Waals surface area contributed by atoms with Gasteiger partial charge >= 0.3 is 11.7 Å². The summed E-state index contributed by atoms with van der Waals surface area (Å²) >= 11 is 0.